The lowest BCUT2D eigenvalue weighted by molar-refractivity contribution is -0.122. The highest BCUT2D eigenvalue weighted by molar-refractivity contribution is 5.98. The first kappa shape index (κ1) is 15.0. The minimum absolute atomic E-state index is 0.00413. The molecule has 1 heterocycles. The topological polar surface area (TPSA) is 58.6 Å². The van der Waals surface area contributed by atoms with Crippen LogP contribution in [0.1, 0.15) is 36.5 Å². The van der Waals surface area contributed by atoms with E-state index in [1.807, 2.05) is 24.0 Å². The van der Waals surface area contributed by atoms with Crippen molar-refractivity contribution >= 4 is 17.5 Å². The molecule has 22 heavy (non-hydrogen) atoms. The van der Waals surface area contributed by atoms with E-state index in [0.29, 0.717) is 31.0 Å². The Morgan fingerprint density at radius 3 is 2.82 bits per heavy atom. The molecule has 1 unspecified atom stereocenters. The summed E-state index contributed by atoms with van der Waals surface area (Å²) in [6.07, 6.45) is 3.07. The lowest BCUT2D eigenvalue weighted by Crippen LogP contribution is -2.47. The van der Waals surface area contributed by atoms with Gasteiger partial charge in [-0.2, -0.15) is 0 Å². The molecule has 2 fully saturated rings. The second-order valence-corrected chi connectivity index (χ2v) is 6.12. The van der Waals surface area contributed by atoms with E-state index >= 15 is 0 Å². The summed E-state index contributed by atoms with van der Waals surface area (Å²) < 4.78 is 5.37. The van der Waals surface area contributed by atoms with Gasteiger partial charge in [0, 0.05) is 23.7 Å². The molecule has 118 valence electrons. The van der Waals surface area contributed by atoms with Crippen molar-refractivity contribution in [2.45, 2.75) is 32.2 Å². The van der Waals surface area contributed by atoms with Crippen LogP contribution < -0.4 is 5.32 Å². The molecule has 1 saturated heterocycles. The molecule has 0 spiro atoms. The van der Waals surface area contributed by atoms with E-state index in [2.05, 4.69) is 5.32 Å². The van der Waals surface area contributed by atoms with Crippen LogP contribution in [0.25, 0.3) is 0 Å². The molecule has 5 heteroatoms. The van der Waals surface area contributed by atoms with Crippen molar-refractivity contribution in [1.82, 2.24) is 4.90 Å². The van der Waals surface area contributed by atoms with E-state index < -0.39 is 0 Å². The third-order valence-electron chi connectivity index (χ3n) is 4.48. The number of hydrogen-bond acceptors (Lipinski definition) is 3. The Morgan fingerprint density at radius 2 is 2.14 bits per heavy atom. The summed E-state index contributed by atoms with van der Waals surface area (Å²) in [7, 11) is 0. The van der Waals surface area contributed by atoms with Gasteiger partial charge in [-0.25, -0.2) is 0 Å². The van der Waals surface area contributed by atoms with Gasteiger partial charge in [-0.3, -0.25) is 9.59 Å². The van der Waals surface area contributed by atoms with Crippen LogP contribution in [0, 0.1) is 5.92 Å². The highest BCUT2D eigenvalue weighted by Gasteiger charge is 2.26. The number of amides is 2. The fourth-order valence-corrected chi connectivity index (χ4v) is 2.84. The van der Waals surface area contributed by atoms with Crippen molar-refractivity contribution < 1.29 is 14.3 Å². The molecule has 2 aliphatic rings. The van der Waals surface area contributed by atoms with Gasteiger partial charge in [0.25, 0.3) is 5.91 Å². The van der Waals surface area contributed by atoms with Crippen LogP contribution in [0.4, 0.5) is 5.69 Å². The Labute approximate surface area is 130 Å². The lowest BCUT2D eigenvalue weighted by Gasteiger charge is -2.33. The van der Waals surface area contributed by atoms with Crippen molar-refractivity contribution in [3.63, 3.8) is 0 Å². The molecule has 0 aromatic heterocycles. The molecule has 3 rings (SSSR count). The Kier molecular flexibility index (Phi) is 4.43. The van der Waals surface area contributed by atoms with Gasteiger partial charge in [-0.05, 0) is 38.0 Å². The number of hydrogen-bond donors (Lipinski definition) is 1. The van der Waals surface area contributed by atoms with Crippen molar-refractivity contribution in [2.75, 3.05) is 25.1 Å². The second-order valence-electron chi connectivity index (χ2n) is 6.12. The van der Waals surface area contributed by atoms with E-state index in [4.69, 9.17) is 4.74 Å². The number of nitrogens with one attached hydrogen (secondary N) is 1. The average Bonchev–Trinajstić information content (AvgIpc) is 2.45. The maximum absolute atomic E-state index is 12.6. The molecule has 1 N–H and O–H groups in total. The van der Waals surface area contributed by atoms with E-state index in [0.717, 1.165) is 19.3 Å². The van der Waals surface area contributed by atoms with Crippen LogP contribution in [-0.2, 0) is 9.53 Å². The standard InChI is InChI=1S/C17H22N2O3/c1-12-11-22-9-8-19(12)17(21)14-6-3-7-15(10-14)18-16(20)13-4-2-5-13/h3,6-7,10,12-13H,2,4-5,8-9,11H2,1H3,(H,18,20). The van der Waals surface area contributed by atoms with Gasteiger partial charge in [0.05, 0.1) is 19.3 Å². The summed E-state index contributed by atoms with van der Waals surface area (Å²) in [6.45, 7) is 3.75. The van der Waals surface area contributed by atoms with Gasteiger partial charge in [0.15, 0.2) is 0 Å². The fourth-order valence-electron chi connectivity index (χ4n) is 2.84. The van der Waals surface area contributed by atoms with Crippen LogP contribution in [0.15, 0.2) is 24.3 Å². The molecule has 0 radical (unpaired) electrons. The van der Waals surface area contributed by atoms with Crippen LogP contribution in [0.5, 0.6) is 0 Å². The summed E-state index contributed by atoms with van der Waals surface area (Å²) in [4.78, 5) is 26.4. The number of ether oxygens (including phenoxy) is 1. The monoisotopic (exact) mass is 302 g/mol. The summed E-state index contributed by atoms with van der Waals surface area (Å²) >= 11 is 0. The van der Waals surface area contributed by atoms with Crippen molar-refractivity contribution in [1.29, 1.82) is 0 Å². The first-order chi connectivity index (χ1) is 10.6. The average molecular weight is 302 g/mol. The summed E-state index contributed by atoms with van der Waals surface area (Å²) in [5.74, 6) is 0.199. The number of carbonyl (C=O) groups excluding carboxylic acids is 2. The molecular weight excluding hydrogens is 280 g/mol. The molecule has 1 aliphatic carbocycles. The largest absolute Gasteiger partial charge is 0.377 e. The zero-order chi connectivity index (χ0) is 15.5. The Hall–Kier alpha value is -1.88. The number of nitrogens with zero attached hydrogens (tertiary/aromatic N) is 1. The summed E-state index contributed by atoms with van der Waals surface area (Å²) in [5.41, 5.74) is 1.31. The Morgan fingerprint density at radius 1 is 1.32 bits per heavy atom. The number of morpholine rings is 1. The zero-order valence-corrected chi connectivity index (χ0v) is 12.9. The Bertz CT molecular complexity index is 569. The van der Waals surface area contributed by atoms with Gasteiger partial charge in [-0.15, -0.1) is 0 Å². The lowest BCUT2D eigenvalue weighted by atomic mass is 9.85. The fraction of sp³-hybridized carbons (Fsp3) is 0.529. The summed E-state index contributed by atoms with van der Waals surface area (Å²) in [6, 6.07) is 7.28. The smallest absolute Gasteiger partial charge is 0.254 e. The molecule has 1 saturated carbocycles. The molecule has 1 atom stereocenters. The van der Waals surface area contributed by atoms with Crippen LogP contribution in [-0.4, -0.2) is 42.5 Å². The van der Waals surface area contributed by atoms with Crippen LogP contribution in [0.2, 0.25) is 0 Å². The molecule has 1 aromatic rings. The van der Waals surface area contributed by atoms with E-state index in [9.17, 15) is 9.59 Å². The molecular formula is C17H22N2O3. The van der Waals surface area contributed by atoms with E-state index in [1.54, 1.807) is 12.1 Å². The first-order valence-electron chi connectivity index (χ1n) is 7.95. The van der Waals surface area contributed by atoms with Crippen molar-refractivity contribution in [3.8, 4) is 0 Å². The SMILES string of the molecule is CC1COCCN1C(=O)c1cccc(NC(=O)C2CCC2)c1. The third kappa shape index (κ3) is 3.14. The molecule has 1 aromatic carbocycles. The maximum atomic E-state index is 12.6. The minimum Gasteiger partial charge on any atom is -0.377 e. The molecule has 5 nitrogen and oxygen atoms in total. The van der Waals surface area contributed by atoms with Crippen LogP contribution >= 0.6 is 0 Å². The predicted octanol–water partition coefficient (Wildman–Crippen LogP) is 2.29. The predicted molar refractivity (Wildman–Crippen MR) is 83.7 cm³/mol. The first-order valence-corrected chi connectivity index (χ1v) is 7.95. The number of carbonyl (C=O) groups is 2. The van der Waals surface area contributed by atoms with Gasteiger partial charge in [0.1, 0.15) is 0 Å². The molecule has 2 amide bonds. The van der Waals surface area contributed by atoms with Crippen LogP contribution in [0.3, 0.4) is 0 Å². The molecule has 1 aliphatic heterocycles. The number of anilines is 1. The quantitative estimate of drug-likeness (QED) is 0.932. The van der Waals surface area contributed by atoms with Crippen molar-refractivity contribution in [2.24, 2.45) is 5.92 Å². The normalized spacial score (nSPS) is 22.0. The van der Waals surface area contributed by atoms with Gasteiger partial charge < -0.3 is 15.0 Å². The highest BCUT2D eigenvalue weighted by atomic mass is 16.5. The van der Waals surface area contributed by atoms with Gasteiger partial charge in [-0.1, -0.05) is 12.5 Å². The minimum atomic E-state index is -0.00413. The van der Waals surface area contributed by atoms with E-state index in [1.165, 1.54) is 0 Å². The van der Waals surface area contributed by atoms with E-state index in [-0.39, 0.29) is 23.8 Å². The Balaban J connectivity index is 1.69. The number of rotatable bonds is 3. The third-order valence-corrected chi connectivity index (χ3v) is 4.48. The van der Waals surface area contributed by atoms with Gasteiger partial charge >= 0.3 is 0 Å². The zero-order valence-electron chi connectivity index (χ0n) is 12.9. The number of benzene rings is 1. The van der Waals surface area contributed by atoms with Gasteiger partial charge in [0.2, 0.25) is 5.91 Å². The second kappa shape index (κ2) is 6.48. The maximum Gasteiger partial charge on any atom is 0.254 e. The summed E-state index contributed by atoms with van der Waals surface area (Å²) in [5, 5.41) is 2.92. The molecule has 0 bridgehead atoms. The highest BCUT2D eigenvalue weighted by Crippen LogP contribution is 2.27. The van der Waals surface area contributed by atoms with Crippen molar-refractivity contribution in [3.05, 3.63) is 29.8 Å².